The maximum absolute atomic E-state index is 12.8. The number of nitrogens with zero attached hydrogens (tertiary/aromatic N) is 1. The standard InChI is InChI=1S/C21H24N2O4S/c1-2-14-27-19-10-6-9-18(15-19)22-21(24)17-8-7-13-23(16-17)28(25,26)20-11-4-3-5-12-20/h2-6,9-12,15,17H,1,7-8,13-14,16H2,(H,22,24)/t17-/m1/s1. The zero-order chi connectivity index (χ0) is 20.0. The maximum atomic E-state index is 12.8. The lowest BCUT2D eigenvalue weighted by Crippen LogP contribution is -2.43. The quantitative estimate of drug-likeness (QED) is 0.724. The van der Waals surface area contributed by atoms with E-state index in [0.29, 0.717) is 37.4 Å². The molecule has 0 radical (unpaired) electrons. The molecule has 0 unspecified atom stereocenters. The summed E-state index contributed by atoms with van der Waals surface area (Å²) in [6, 6.07) is 15.4. The van der Waals surface area contributed by atoms with Crippen LogP contribution in [0.4, 0.5) is 5.69 Å². The molecule has 6 nitrogen and oxygen atoms in total. The Morgan fingerprint density at radius 2 is 2.00 bits per heavy atom. The van der Waals surface area contributed by atoms with Crippen LogP contribution in [0.15, 0.2) is 72.1 Å². The molecule has 0 bridgehead atoms. The Morgan fingerprint density at radius 1 is 1.21 bits per heavy atom. The van der Waals surface area contributed by atoms with Gasteiger partial charge in [-0.1, -0.05) is 36.9 Å². The van der Waals surface area contributed by atoms with E-state index in [9.17, 15) is 13.2 Å². The van der Waals surface area contributed by atoms with Crippen molar-refractivity contribution in [2.45, 2.75) is 17.7 Å². The van der Waals surface area contributed by atoms with E-state index >= 15 is 0 Å². The molecule has 3 rings (SSSR count). The molecule has 28 heavy (non-hydrogen) atoms. The number of benzene rings is 2. The average Bonchev–Trinajstić information content (AvgIpc) is 2.73. The highest BCUT2D eigenvalue weighted by molar-refractivity contribution is 7.89. The van der Waals surface area contributed by atoms with Gasteiger partial charge in [0.25, 0.3) is 0 Å². The first-order chi connectivity index (χ1) is 13.5. The Kier molecular flexibility index (Phi) is 6.49. The molecule has 2 aromatic rings. The minimum atomic E-state index is -3.59. The summed E-state index contributed by atoms with van der Waals surface area (Å²) in [6.07, 6.45) is 2.95. The van der Waals surface area contributed by atoms with Crippen molar-refractivity contribution in [3.63, 3.8) is 0 Å². The molecule has 7 heteroatoms. The minimum Gasteiger partial charge on any atom is -0.489 e. The normalized spacial score (nSPS) is 17.6. The van der Waals surface area contributed by atoms with Crippen LogP contribution in [0.2, 0.25) is 0 Å². The van der Waals surface area contributed by atoms with Gasteiger partial charge in [-0.3, -0.25) is 4.79 Å². The number of rotatable bonds is 7. The minimum absolute atomic E-state index is 0.176. The highest BCUT2D eigenvalue weighted by Crippen LogP contribution is 2.25. The van der Waals surface area contributed by atoms with Gasteiger partial charge in [-0.15, -0.1) is 0 Å². The first-order valence-electron chi connectivity index (χ1n) is 9.20. The Bertz CT molecular complexity index is 928. The molecule has 1 N–H and O–H groups in total. The first kappa shape index (κ1) is 20.1. The second-order valence-corrected chi connectivity index (χ2v) is 8.57. The van der Waals surface area contributed by atoms with Crippen LogP contribution in [-0.2, 0) is 14.8 Å². The third-order valence-corrected chi connectivity index (χ3v) is 6.48. The molecular formula is C21H24N2O4S. The van der Waals surface area contributed by atoms with Gasteiger partial charge >= 0.3 is 0 Å². The molecule has 148 valence electrons. The van der Waals surface area contributed by atoms with Gasteiger partial charge in [-0.2, -0.15) is 4.31 Å². The van der Waals surface area contributed by atoms with Crippen LogP contribution in [-0.4, -0.2) is 38.3 Å². The topological polar surface area (TPSA) is 75.7 Å². The molecule has 0 aromatic heterocycles. The van der Waals surface area contributed by atoms with Crippen molar-refractivity contribution in [2.75, 3.05) is 25.0 Å². The Morgan fingerprint density at radius 3 is 2.75 bits per heavy atom. The lowest BCUT2D eigenvalue weighted by molar-refractivity contribution is -0.120. The number of nitrogens with one attached hydrogen (secondary N) is 1. The SMILES string of the molecule is C=CCOc1cccc(NC(=O)[C@@H]2CCCN(S(=O)(=O)c3ccccc3)C2)c1. The number of sulfonamides is 1. The van der Waals surface area contributed by atoms with Crippen LogP contribution in [0.5, 0.6) is 5.75 Å². The predicted octanol–water partition coefficient (Wildman–Crippen LogP) is 3.29. The summed E-state index contributed by atoms with van der Waals surface area (Å²) < 4.78 is 32.5. The van der Waals surface area contributed by atoms with Crippen LogP contribution in [0, 0.1) is 5.92 Å². The van der Waals surface area contributed by atoms with Gasteiger partial charge in [0.2, 0.25) is 15.9 Å². The average molecular weight is 401 g/mol. The fourth-order valence-electron chi connectivity index (χ4n) is 3.18. The van der Waals surface area contributed by atoms with Gasteiger partial charge in [0.05, 0.1) is 10.8 Å². The molecule has 1 aliphatic heterocycles. The third-order valence-electron chi connectivity index (χ3n) is 4.61. The maximum Gasteiger partial charge on any atom is 0.243 e. The number of hydrogen-bond acceptors (Lipinski definition) is 4. The van der Waals surface area contributed by atoms with E-state index in [0.717, 1.165) is 0 Å². The van der Waals surface area contributed by atoms with Crippen molar-refractivity contribution in [1.82, 2.24) is 4.31 Å². The van der Waals surface area contributed by atoms with Gasteiger partial charge in [-0.05, 0) is 37.1 Å². The van der Waals surface area contributed by atoms with Gasteiger partial charge < -0.3 is 10.1 Å². The third kappa shape index (κ3) is 4.79. The monoisotopic (exact) mass is 400 g/mol. The van der Waals surface area contributed by atoms with E-state index in [2.05, 4.69) is 11.9 Å². The smallest absolute Gasteiger partial charge is 0.243 e. The van der Waals surface area contributed by atoms with Crippen molar-refractivity contribution in [3.05, 3.63) is 67.3 Å². The van der Waals surface area contributed by atoms with Crippen molar-refractivity contribution >= 4 is 21.6 Å². The van der Waals surface area contributed by atoms with Crippen molar-refractivity contribution in [2.24, 2.45) is 5.92 Å². The Labute approximate surface area is 165 Å². The van der Waals surface area contributed by atoms with E-state index in [1.807, 2.05) is 0 Å². The van der Waals surface area contributed by atoms with Gasteiger partial charge in [-0.25, -0.2) is 8.42 Å². The molecule has 0 spiro atoms. The molecule has 1 atom stereocenters. The molecular weight excluding hydrogens is 376 g/mol. The summed E-state index contributed by atoms with van der Waals surface area (Å²) >= 11 is 0. The van der Waals surface area contributed by atoms with Gasteiger partial charge in [0, 0.05) is 24.8 Å². The Balaban J connectivity index is 1.67. The lowest BCUT2D eigenvalue weighted by atomic mass is 9.98. The second-order valence-electron chi connectivity index (χ2n) is 6.63. The number of ether oxygens (including phenoxy) is 1. The van der Waals surface area contributed by atoms with E-state index in [4.69, 9.17) is 4.74 Å². The number of hydrogen-bond donors (Lipinski definition) is 1. The first-order valence-corrected chi connectivity index (χ1v) is 10.6. The van der Waals surface area contributed by atoms with E-state index in [1.54, 1.807) is 60.7 Å². The summed E-state index contributed by atoms with van der Waals surface area (Å²) in [6.45, 7) is 4.59. The summed E-state index contributed by atoms with van der Waals surface area (Å²) in [5.74, 6) is 0.0495. The molecule has 1 amide bonds. The number of amides is 1. The van der Waals surface area contributed by atoms with Gasteiger partial charge in [0.15, 0.2) is 0 Å². The van der Waals surface area contributed by atoms with Crippen LogP contribution < -0.4 is 10.1 Å². The molecule has 0 aliphatic carbocycles. The molecule has 1 fully saturated rings. The molecule has 2 aromatic carbocycles. The van der Waals surface area contributed by atoms with Crippen molar-refractivity contribution in [1.29, 1.82) is 0 Å². The zero-order valence-corrected chi connectivity index (χ0v) is 16.4. The Hall–Kier alpha value is -2.64. The molecule has 1 heterocycles. The predicted molar refractivity (Wildman–Crippen MR) is 109 cm³/mol. The van der Waals surface area contributed by atoms with E-state index in [1.165, 1.54) is 4.31 Å². The highest BCUT2D eigenvalue weighted by Gasteiger charge is 2.33. The number of anilines is 1. The zero-order valence-electron chi connectivity index (χ0n) is 15.6. The van der Waals surface area contributed by atoms with Gasteiger partial charge in [0.1, 0.15) is 12.4 Å². The summed E-state index contributed by atoms with van der Waals surface area (Å²) in [4.78, 5) is 13.0. The number of piperidine rings is 1. The molecule has 1 aliphatic rings. The van der Waals surface area contributed by atoms with Crippen molar-refractivity contribution in [3.8, 4) is 5.75 Å². The highest BCUT2D eigenvalue weighted by atomic mass is 32.2. The summed E-state index contributed by atoms with van der Waals surface area (Å²) in [5.41, 5.74) is 0.620. The van der Waals surface area contributed by atoms with Crippen LogP contribution in [0.3, 0.4) is 0 Å². The summed E-state index contributed by atoms with van der Waals surface area (Å²) in [5, 5.41) is 2.87. The van der Waals surface area contributed by atoms with E-state index in [-0.39, 0.29) is 17.3 Å². The number of carbonyl (C=O) groups is 1. The summed E-state index contributed by atoms with van der Waals surface area (Å²) in [7, 11) is -3.59. The van der Waals surface area contributed by atoms with E-state index < -0.39 is 15.9 Å². The van der Waals surface area contributed by atoms with Crippen LogP contribution in [0.1, 0.15) is 12.8 Å². The van der Waals surface area contributed by atoms with Crippen LogP contribution >= 0.6 is 0 Å². The fraction of sp³-hybridized carbons (Fsp3) is 0.286. The van der Waals surface area contributed by atoms with Crippen LogP contribution in [0.25, 0.3) is 0 Å². The van der Waals surface area contributed by atoms with Crippen molar-refractivity contribution < 1.29 is 17.9 Å². The second kappa shape index (κ2) is 9.03. The fourth-order valence-corrected chi connectivity index (χ4v) is 4.72. The molecule has 1 saturated heterocycles. The largest absolute Gasteiger partial charge is 0.489 e. The number of carbonyl (C=O) groups excluding carboxylic acids is 1. The molecule has 0 saturated carbocycles. The lowest BCUT2D eigenvalue weighted by Gasteiger charge is -2.31.